The molecule has 0 aliphatic carbocycles. The van der Waals surface area contributed by atoms with Crippen LogP contribution in [0.15, 0.2) is 48.5 Å². The molecule has 174 valence electrons. The molecular weight excluding hydrogens is 429 g/mol. The van der Waals surface area contributed by atoms with Crippen molar-refractivity contribution >= 4 is 15.7 Å². The molecule has 2 aliphatic heterocycles. The van der Waals surface area contributed by atoms with Gasteiger partial charge in [0, 0.05) is 50.5 Å². The minimum atomic E-state index is -3.58. The molecule has 0 amide bonds. The van der Waals surface area contributed by atoms with Crippen molar-refractivity contribution in [3.63, 3.8) is 0 Å². The zero-order valence-corrected chi connectivity index (χ0v) is 19.5. The first kappa shape index (κ1) is 23.2. The molecule has 2 heterocycles. The maximum Gasteiger partial charge on any atom is 0.221 e. The van der Waals surface area contributed by atoms with Crippen LogP contribution < -0.4 is 4.90 Å². The molecule has 3 unspecified atom stereocenters. The minimum absolute atomic E-state index is 0.0396. The lowest BCUT2D eigenvalue weighted by atomic mass is 10.00. The minimum Gasteiger partial charge on any atom is -0.379 e. The lowest BCUT2D eigenvalue weighted by Crippen LogP contribution is -2.49. The number of piperazine rings is 1. The van der Waals surface area contributed by atoms with Gasteiger partial charge in [0.05, 0.1) is 0 Å². The summed E-state index contributed by atoms with van der Waals surface area (Å²) in [5.74, 6) is -0.193. The molecule has 3 atom stereocenters. The molecule has 8 heteroatoms. The standard InChI is InChI=1S/C24H32FN3O3S/c1-18-14-24(20-6-4-3-5-7-20)32(30,31)28(16-18)17-21-8-9-22(15-23(21)25)27-12-10-26(11-13-27)19(2)29/h3-9,15,18-19,24,29H,10-14,16-17H2,1-2H3. The zero-order chi connectivity index (χ0) is 22.9. The highest BCUT2D eigenvalue weighted by Gasteiger charge is 2.39. The summed E-state index contributed by atoms with van der Waals surface area (Å²) < 4.78 is 43.2. The van der Waals surface area contributed by atoms with E-state index in [4.69, 9.17) is 0 Å². The predicted octanol–water partition coefficient (Wildman–Crippen LogP) is 3.20. The SMILES string of the molecule is CC1CC(c2ccccc2)S(=O)(=O)N(Cc2ccc(N3CCN(C(C)O)CC3)cc2F)C1. The quantitative estimate of drug-likeness (QED) is 0.741. The molecule has 2 aliphatic rings. The first-order chi connectivity index (χ1) is 15.3. The lowest BCUT2D eigenvalue weighted by molar-refractivity contribution is 0.0153. The molecule has 0 saturated carbocycles. The van der Waals surface area contributed by atoms with Crippen molar-refractivity contribution in [1.82, 2.24) is 9.21 Å². The molecular formula is C24H32FN3O3S. The second-order valence-electron chi connectivity index (χ2n) is 9.01. The van der Waals surface area contributed by atoms with Gasteiger partial charge in [0.1, 0.15) is 17.3 Å². The van der Waals surface area contributed by atoms with Crippen LogP contribution in [0.3, 0.4) is 0 Å². The third-order valence-electron chi connectivity index (χ3n) is 6.61. The van der Waals surface area contributed by atoms with E-state index in [1.165, 1.54) is 10.4 Å². The van der Waals surface area contributed by atoms with Crippen LogP contribution in [0.5, 0.6) is 0 Å². The third-order valence-corrected chi connectivity index (χ3v) is 8.80. The van der Waals surface area contributed by atoms with E-state index in [9.17, 15) is 13.5 Å². The van der Waals surface area contributed by atoms with Crippen LogP contribution >= 0.6 is 0 Å². The average Bonchev–Trinajstić information content (AvgIpc) is 2.78. The smallest absolute Gasteiger partial charge is 0.221 e. The molecule has 0 aromatic heterocycles. The molecule has 2 saturated heterocycles. The maximum absolute atomic E-state index is 15.0. The van der Waals surface area contributed by atoms with Crippen molar-refractivity contribution in [2.24, 2.45) is 5.92 Å². The number of rotatable bonds is 5. The second kappa shape index (κ2) is 9.47. The number of aliphatic hydroxyl groups is 1. The van der Waals surface area contributed by atoms with Gasteiger partial charge in [0.2, 0.25) is 10.0 Å². The van der Waals surface area contributed by atoms with Crippen molar-refractivity contribution < 1.29 is 17.9 Å². The Morgan fingerprint density at radius 3 is 2.41 bits per heavy atom. The van der Waals surface area contributed by atoms with E-state index in [2.05, 4.69) is 4.90 Å². The summed E-state index contributed by atoms with van der Waals surface area (Å²) in [6.45, 7) is 7.08. The summed E-state index contributed by atoms with van der Waals surface area (Å²) in [7, 11) is -3.58. The van der Waals surface area contributed by atoms with Crippen LogP contribution in [0, 0.1) is 11.7 Å². The van der Waals surface area contributed by atoms with Crippen LogP contribution in [0.2, 0.25) is 0 Å². The summed E-state index contributed by atoms with van der Waals surface area (Å²) in [6, 6.07) is 14.4. The third kappa shape index (κ3) is 4.83. The number of nitrogens with zero attached hydrogens (tertiary/aromatic N) is 3. The topological polar surface area (TPSA) is 64.1 Å². The lowest BCUT2D eigenvalue weighted by Gasteiger charge is -2.38. The van der Waals surface area contributed by atoms with E-state index >= 15 is 4.39 Å². The fourth-order valence-electron chi connectivity index (χ4n) is 4.73. The Balaban J connectivity index is 1.50. The molecule has 1 N–H and O–H groups in total. The highest BCUT2D eigenvalue weighted by atomic mass is 32.2. The predicted molar refractivity (Wildman–Crippen MR) is 124 cm³/mol. The molecule has 0 spiro atoms. The fraction of sp³-hybridized carbons (Fsp3) is 0.500. The Morgan fingerprint density at radius 2 is 1.78 bits per heavy atom. The van der Waals surface area contributed by atoms with Gasteiger partial charge in [0.25, 0.3) is 0 Å². The molecule has 2 fully saturated rings. The Morgan fingerprint density at radius 1 is 1.09 bits per heavy atom. The number of aliphatic hydroxyl groups excluding tert-OH is 1. The number of benzene rings is 2. The van der Waals surface area contributed by atoms with Crippen LogP contribution in [0.4, 0.5) is 10.1 Å². The van der Waals surface area contributed by atoms with Gasteiger partial charge >= 0.3 is 0 Å². The fourth-order valence-corrected chi connectivity index (χ4v) is 6.94. The summed E-state index contributed by atoms with van der Waals surface area (Å²) in [4.78, 5) is 4.07. The van der Waals surface area contributed by atoms with Crippen LogP contribution in [0.25, 0.3) is 0 Å². The molecule has 0 radical (unpaired) electrons. The Bertz CT molecular complexity index is 1020. The molecule has 2 aromatic carbocycles. The summed E-state index contributed by atoms with van der Waals surface area (Å²) in [5.41, 5.74) is 1.96. The molecule has 0 bridgehead atoms. The van der Waals surface area contributed by atoms with Crippen molar-refractivity contribution in [3.8, 4) is 0 Å². The summed E-state index contributed by atoms with van der Waals surface area (Å²) in [6.07, 6.45) is 0.0905. The van der Waals surface area contributed by atoms with E-state index in [1.807, 2.05) is 48.2 Å². The van der Waals surface area contributed by atoms with Gasteiger partial charge in [-0.3, -0.25) is 4.90 Å². The van der Waals surface area contributed by atoms with Crippen LogP contribution in [-0.4, -0.2) is 61.7 Å². The first-order valence-electron chi connectivity index (χ1n) is 11.2. The van der Waals surface area contributed by atoms with Gasteiger partial charge in [-0.1, -0.05) is 43.3 Å². The molecule has 6 nitrogen and oxygen atoms in total. The van der Waals surface area contributed by atoms with E-state index in [1.54, 1.807) is 13.0 Å². The van der Waals surface area contributed by atoms with Gasteiger partial charge in [-0.15, -0.1) is 0 Å². The number of hydrogen-bond acceptors (Lipinski definition) is 5. The van der Waals surface area contributed by atoms with Gasteiger partial charge in [-0.25, -0.2) is 12.8 Å². The van der Waals surface area contributed by atoms with E-state index in [0.717, 1.165) is 11.3 Å². The molecule has 32 heavy (non-hydrogen) atoms. The highest BCUT2D eigenvalue weighted by Crippen LogP contribution is 2.38. The number of anilines is 1. The number of sulfonamides is 1. The van der Waals surface area contributed by atoms with Crippen LogP contribution in [-0.2, 0) is 16.6 Å². The van der Waals surface area contributed by atoms with Crippen molar-refractivity contribution in [2.75, 3.05) is 37.6 Å². The van der Waals surface area contributed by atoms with Crippen LogP contribution in [0.1, 0.15) is 36.6 Å². The molecule has 2 aromatic rings. The highest BCUT2D eigenvalue weighted by molar-refractivity contribution is 7.89. The number of hydrogen-bond donors (Lipinski definition) is 1. The maximum atomic E-state index is 15.0. The monoisotopic (exact) mass is 461 g/mol. The Kier molecular flexibility index (Phi) is 6.86. The Labute approximate surface area is 190 Å². The van der Waals surface area contributed by atoms with E-state index in [-0.39, 0.29) is 18.3 Å². The van der Waals surface area contributed by atoms with Gasteiger partial charge in [-0.05, 0) is 37.0 Å². The van der Waals surface area contributed by atoms with Crippen molar-refractivity contribution in [2.45, 2.75) is 38.3 Å². The second-order valence-corrected chi connectivity index (χ2v) is 11.1. The van der Waals surface area contributed by atoms with E-state index < -0.39 is 21.5 Å². The number of halogens is 1. The zero-order valence-electron chi connectivity index (χ0n) is 18.7. The summed E-state index contributed by atoms with van der Waals surface area (Å²) in [5, 5.41) is 9.12. The largest absolute Gasteiger partial charge is 0.379 e. The first-order valence-corrected chi connectivity index (χ1v) is 12.8. The van der Waals surface area contributed by atoms with Gasteiger partial charge in [-0.2, -0.15) is 4.31 Å². The molecule has 4 rings (SSSR count). The van der Waals surface area contributed by atoms with E-state index in [0.29, 0.717) is 44.7 Å². The van der Waals surface area contributed by atoms with Gasteiger partial charge in [0.15, 0.2) is 0 Å². The normalized spacial score (nSPS) is 25.6. The summed E-state index contributed by atoms with van der Waals surface area (Å²) >= 11 is 0. The average molecular weight is 462 g/mol. The Hall–Kier alpha value is -2.00. The van der Waals surface area contributed by atoms with Crippen molar-refractivity contribution in [3.05, 3.63) is 65.5 Å². The van der Waals surface area contributed by atoms with Crippen molar-refractivity contribution in [1.29, 1.82) is 0 Å². The van der Waals surface area contributed by atoms with Gasteiger partial charge < -0.3 is 10.0 Å².